The van der Waals surface area contributed by atoms with Crippen molar-refractivity contribution in [3.8, 4) is 5.75 Å². The van der Waals surface area contributed by atoms with Crippen molar-refractivity contribution >= 4 is 23.2 Å². The topological polar surface area (TPSA) is 93.5 Å². The van der Waals surface area contributed by atoms with Crippen LogP contribution in [0.25, 0.3) is 0 Å². The molecule has 6 nitrogen and oxygen atoms in total. The molecule has 0 aromatic heterocycles. The summed E-state index contributed by atoms with van der Waals surface area (Å²) in [5.74, 6) is 0.289. The molecular weight excluding hydrogens is 306 g/mol. The van der Waals surface area contributed by atoms with E-state index in [9.17, 15) is 9.59 Å². The first-order chi connectivity index (χ1) is 11.6. The highest BCUT2D eigenvalue weighted by Gasteiger charge is 2.07. The number of rotatable bonds is 7. The van der Waals surface area contributed by atoms with Crippen molar-refractivity contribution in [3.05, 3.63) is 54.1 Å². The first kappa shape index (κ1) is 17.5. The van der Waals surface area contributed by atoms with Gasteiger partial charge in [0, 0.05) is 11.4 Å². The highest BCUT2D eigenvalue weighted by Crippen LogP contribution is 2.20. The van der Waals surface area contributed by atoms with Crippen LogP contribution < -0.4 is 21.1 Å². The molecule has 0 aliphatic rings. The number of aryl methyl sites for hydroxylation is 1. The molecule has 0 fully saturated rings. The van der Waals surface area contributed by atoms with E-state index in [1.54, 1.807) is 12.1 Å². The molecule has 0 radical (unpaired) electrons. The van der Waals surface area contributed by atoms with Gasteiger partial charge in [-0.25, -0.2) is 0 Å². The smallest absolute Gasteiger partial charge is 0.238 e. The lowest BCUT2D eigenvalue weighted by atomic mass is 10.1. The van der Waals surface area contributed by atoms with E-state index in [1.807, 2.05) is 43.3 Å². The molecule has 2 amide bonds. The van der Waals surface area contributed by atoms with Gasteiger partial charge in [0.15, 0.2) is 0 Å². The summed E-state index contributed by atoms with van der Waals surface area (Å²) in [5.41, 5.74) is 7.41. The van der Waals surface area contributed by atoms with Crippen molar-refractivity contribution < 1.29 is 14.3 Å². The number of benzene rings is 2. The minimum absolute atomic E-state index is 0.0909. The van der Waals surface area contributed by atoms with Gasteiger partial charge in [0.1, 0.15) is 5.75 Å². The van der Waals surface area contributed by atoms with E-state index in [0.29, 0.717) is 18.0 Å². The molecule has 4 N–H and O–H groups in total. The zero-order chi connectivity index (χ0) is 17.4. The maximum Gasteiger partial charge on any atom is 0.238 e. The fourth-order valence-corrected chi connectivity index (χ4v) is 2.04. The molecule has 2 aromatic rings. The molecule has 0 aliphatic carbocycles. The van der Waals surface area contributed by atoms with Crippen molar-refractivity contribution in [3.63, 3.8) is 0 Å². The number of nitrogens with one attached hydrogen (secondary N) is 2. The third kappa shape index (κ3) is 5.40. The average molecular weight is 327 g/mol. The van der Waals surface area contributed by atoms with E-state index in [1.165, 1.54) is 0 Å². The summed E-state index contributed by atoms with van der Waals surface area (Å²) < 4.78 is 5.50. The van der Waals surface area contributed by atoms with Crippen LogP contribution in [-0.4, -0.2) is 25.0 Å². The van der Waals surface area contributed by atoms with E-state index in [4.69, 9.17) is 10.5 Å². The summed E-state index contributed by atoms with van der Waals surface area (Å²) in [5, 5.41) is 5.48. The number of carbonyl (C=O) groups excluding carboxylic acids is 2. The fourth-order valence-electron chi connectivity index (χ4n) is 2.04. The second-order valence-electron chi connectivity index (χ2n) is 5.24. The van der Waals surface area contributed by atoms with Crippen LogP contribution in [0.2, 0.25) is 0 Å². The number of hydrogen-bond acceptors (Lipinski definition) is 4. The molecule has 126 valence electrons. The van der Waals surface area contributed by atoms with Crippen molar-refractivity contribution in [2.75, 3.05) is 23.8 Å². The third-order valence-corrected chi connectivity index (χ3v) is 3.32. The van der Waals surface area contributed by atoms with Crippen LogP contribution in [0.15, 0.2) is 48.5 Å². The predicted octanol–water partition coefficient (Wildman–Crippen LogP) is 2.30. The minimum Gasteiger partial charge on any atom is -0.493 e. The maximum absolute atomic E-state index is 12.0. The summed E-state index contributed by atoms with van der Waals surface area (Å²) in [6, 6.07) is 14.6. The van der Waals surface area contributed by atoms with E-state index in [2.05, 4.69) is 10.6 Å². The van der Waals surface area contributed by atoms with Gasteiger partial charge in [0.25, 0.3) is 0 Å². The summed E-state index contributed by atoms with van der Waals surface area (Å²) in [7, 11) is 0. The first-order valence-electron chi connectivity index (χ1n) is 7.67. The highest BCUT2D eigenvalue weighted by molar-refractivity contribution is 5.95. The van der Waals surface area contributed by atoms with Gasteiger partial charge in [-0.3, -0.25) is 9.59 Å². The Labute approximate surface area is 141 Å². The van der Waals surface area contributed by atoms with Crippen LogP contribution in [0.3, 0.4) is 0 Å². The Morgan fingerprint density at radius 3 is 2.50 bits per heavy atom. The molecule has 0 atom stereocenters. The highest BCUT2D eigenvalue weighted by atomic mass is 16.5. The predicted molar refractivity (Wildman–Crippen MR) is 94.0 cm³/mol. The number of ether oxygens (including phenoxy) is 1. The molecular formula is C18H21N3O3. The molecule has 0 unspecified atom stereocenters. The number of carbonyl (C=O) groups is 2. The van der Waals surface area contributed by atoms with Crippen LogP contribution in [0.5, 0.6) is 5.75 Å². The van der Waals surface area contributed by atoms with Crippen LogP contribution in [0.1, 0.15) is 12.0 Å². The Balaban J connectivity index is 1.88. The standard InChI is InChI=1S/C18H21N3O3/c1-13-7-8-14(20-18(23)12-19)11-16(13)21-17(22)9-10-24-15-5-3-2-4-6-15/h2-8,11H,9-10,12,19H2,1H3,(H,20,23)(H,21,22). The van der Waals surface area contributed by atoms with Crippen molar-refractivity contribution in [1.29, 1.82) is 0 Å². The average Bonchev–Trinajstić information content (AvgIpc) is 2.58. The molecule has 0 saturated heterocycles. The van der Waals surface area contributed by atoms with E-state index in [0.717, 1.165) is 11.3 Å². The molecule has 0 saturated carbocycles. The maximum atomic E-state index is 12.0. The Morgan fingerprint density at radius 1 is 1.04 bits per heavy atom. The largest absolute Gasteiger partial charge is 0.493 e. The van der Waals surface area contributed by atoms with E-state index >= 15 is 0 Å². The minimum atomic E-state index is -0.285. The Bertz CT molecular complexity index is 702. The number of para-hydroxylation sites is 1. The Morgan fingerprint density at radius 2 is 1.79 bits per heavy atom. The van der Waals surface area contributed by atoms with Crippen LogP contribution >= 0.6 is 0 Å². The number of hydrogen-bond donors (Lipinski definition) is 3. The fraction of sp³-hybridized carbons (Fsp3) is 0.222. The summed E-state index contributed by atoms with van der Waals surface area (Å²) in [6.45, 7) is 2.08. The van der Waals surface area contributed by atoms with E-state index < -0.39 is 0 Å². The van der Waals surface area contributed by atoms with Crippen molar-refractivity contribution in [2.45, 2.75) is 13.3 Å². The Hall–Kier alpha value is -2.86. The quantitative estimate of drug-likeness (QED) is 0.727. The monoisotopic (exact) mass is 327 g/mol. The van der Waals surface area contributed by atoms with Gasteiger partial charge in [-0.1, -0.05) is 24.3 Å². The van der Waals surface area contributed by atoms with Gasteiger partial charge in [0.05, 0.1) is 19.6 Å². The second kappa shape index (κ2) is 8.69. The molecule has 0 spiro atoms. The first-order valence-corrected chi connectivity index (χ1v) is 7.67. The normalized spacial score (nSPS) is 10.1. The third-order valence-electron chi connectivity index (χ3n) is 3.32. The molecule has 2 rings (SSSR count). The number of amides is 2. The van der Waals surface area contributed by atoms with E-state index in [-0.39, 0.29) is 24.8 Å². The van der Waals surface area contributed by atoms with Crippen molar-refractivity contribution in [2.24, 2.45) is 5.73 Å². The number of anilines is 2. The van der Waals surface area contributed by atoms with Crippen molar-refractivity contribution in [1.82, 2.24) is 0 Å². The van der Waals surface area contributed by atoms with Gasteiger partial charge in [-0.2, -0.15) is 0 Å². The molecule has 24 heavy (non-hydrogen) atoms. The molecule has 0 heterocycles. The van der Waals surface area contributed by atoms with Gasteiger partial charge in [-0.05, 0) is 36.8 Å². The zero-order valence-electron chi connectivity index (χ0n) is 13.5. The van der Waals surface area contributed by atoms with Gasteiger partial charge >= 0.3 is 0 Å². The number of nitrogens with two attached hydrogens (primary N) is 1. The lowest BCUT2D eigenvalue weighted by molar-refractivity contribution is -0.117. The van der Waals surface area contributed by atoms with Gasteiger partial charge in [0.2, 0.25) is 11.8 Å². The zero-order valence-corrected chi connectivity index (χ0v) is 13.5. The lowest BCUT2D eigenvalue weighted by Gasteiger charge is -2.12. The molecule has 2 aromatic carbocycles. The summed E-state index contributed by atoms with van der Waals surface area (Å²) in [6.07, 6.45) is 0.230. The Kier molecular flexibility index (Phi) is 6.33. The van der Waals surface area contributed by atoms with Gasteiger partial charge in [-0.15, -0.1) is 0 Å². The van der Waals surface area contributed by atoms with Gasteiger partial charge < -0.3 is 21.1 Å². The SMILES string of the molecule is Cc1ccc(NC(=O)CN)cc1NC(=O)CCOc1ccccc1. The summed E-state index contributed by atoms with van der Waals surface area (Å²) in [4.78, 5) is 23.4. The van der Waals surface area contributed by atoms with Crippen LogP contribution in [0, 0.1) is 6.92 Å². The van der Waals surface area contributed by atoms with Crippen LogP contribution in [0.4, 0.5) is 11.4 Å². The molecule has 0 bridgehead atoms. The lowest BCUT2D eigenvalue weighted by Crippen LogP contribution is -2.22. The molecule has 6 heteroatoms. The summed E-state index contributed by atoms with van der Waals surface area (Å²) >= 11 is 0. The van der Waals surface area contributed by atoms with Crippen LogP contribution in [-0.2, 0) is 9.59 Å². The second-order valence-corrected chi connectivity index (χ2v) is 5.24. The molecule has 0 aliphatic heterocycles.